The lowest BCUT2D eigenvalue weighted by Crippen LogP contribution is -2.21. The number of aromatic hydroxyl groups is 1. The fourth-order valence-corrected chi connectivity index (χ4v) is 1.48. The molecule has 0 aliphatic carbocycles. The Balaban J connectivity index is 2.19. The third-order valence-corrected chi connectivity index (χ3v) is 2.31. The summed E-state index contributed by atoms with van der Waals surface area (Å²) in [7, 11) is 0. The standard InChI is InChI=1S/C13H13N3O3/c14-12(18)9-13(16-6-1-2-7-16)15-19-11-5-3-4-10(17)8-11/h1-8,17H,9H2,(H2,14,18)/b15-13+. The molecule has 0 aliphatic rings. The smallest absolute Gasteiger partial charge is 0.225 e. The number of rotatable bonds is 4. The molecule has 0 saturated carbocycles. The molecule has 1 aromatic carbocycles. The van der Waals surface area contributed by atoms with Crippen LogP contribution in [0.2, 0.25) is 0 Å². The van der Waals surface area contributed by atoms with Gasteiger partial charge in [0.05, 0.1) is 6.42 Å². The number of benzene rings is 1. The zero-order chi connectivity index (χ0) is 13.7. The van der Waals surface area contributed by atoms with E-state index >= 15 is 0 Å². The van der Waals surface area contributed by atoms with Crippen LogP contribution in [-0.4, -0.2) is 21.4 Å². The Bertz CT molecular complexity index is 591. The number of oxime groups is 1. The number of nitrogens with two attached hydrogens (primary N) is 1. The molecule has 1 heterocycles. The second-order valence-electron chi connectivity index (χ2n) is 3.83. The van der Waals surface area contributed by atoms with Crippen LogP contribution in [0, 0.1) is 0 Å². The van der Waals surface area contributed by atoms with Gasteiger partial charge in [-0.15, -0.1) is 0 Å². The monoisotopic (exact) mass is 259 g/mol. The zero-order valence-corrected chi connectivity index (χ0v) is 10.1. The van der Waals surface area contributed by atoms with Crippen LogP contribution in [0.5, 0.6) is 11.5 Å². The van der Waals surface area contributed by atoms with Crippen LogP contribution in [0.1, 0.15) is 6.42 Å². The molecular weight excluding hydrogens is 246 g/mol. The summed E-state index contributed by atoms with van der Waals surface area (Å²) in [5.41, 5.74) is 5.16. The van der Waals surface area contributed by atoms with Gasteiger partial charge in [0, 0.05) is 18.5 Å². The Morgan fingerprint density at radius 1 is 1.32 bits per heavy atom. The normalized spacial score (nSPS) is 11.3. The van der Waals surface area contributed by atoms with Crippen LogP contribution < -0.4 is 10.6 Å². The summed E-state index contributed by atoms with van der Waals surface area (Å²) in [6.45, 7) is 0. The van der Waals surface area contributed by atoms with Gasteiger partial charge in [-0.3, -0.25) is 4.79 Å². The van der Waals surface area contributed by atoms with Gasteiger partial charge in [0.2, 0.25) is 5.91 Å². The van der Waals surface area contributed by atoms with Crippen molar-refractivity contribution in [2.45, 2.75) is 6.42 Å². The number of aromatic nitrogens is 1. The highest BCUT2D eigenvalue weighted by Gasteiger charge is 2.07. The molecule has 0 bridgehead atoms. The topological polar surface area (TPSA) is 89.8 Å². The molecule has 2 rings (SSSR count). The average molecular weight is 259 g/mol. The predicted molar refractivity (Wildman–Crippen MR) is 69.8 cm³/mol. The molecule has 0 saturated heterocycles. The van der Waals surface area contributed by atoms with E-state index in [2.05, 4.69) is 5.16 Å². The summed E-state index contributed by atoms with van der Waals surface area (Å²) in [4.78, 5) is 16.2. The third-order valence-electron chi connectivity index (χ3n) is 2.31. The summed E-state index contributed by atoms with van der Waals surface area (Å²) in [5, 5.41) is 13.2. The predicted octanol–water partition coefficient (Wildman–Crippen LogP) is 1.31. The maximum absolute atomic E-state index is 11.0. The number of phenols is 1. The van der Waals surface area contributed by atoms with E-state index in [-0.39, 0.29) is 12.2 Å². The minimum absolute atomic E-state index is 0.0481. The molecule has 1 aromatic heterocycles. The number of phenolic OH excluding ortho intramolecular Hbond substituents is 1. The van der Waals surface area contributed by atoms with Gasteiger partial charge in [0.1, 0.15) is 5.75 Å². The van der Waals surface area contributed by atoms with Crippen molar-refractivity contribution < 1.29 is 14.7 Å². The molecule has 0 aliphatic heterocycles. The van der Waals surface area contributed by atoms with Gasteiger partial charge in [-0.05, 0) is 24.3 Å². The average Bonchev–Trinajstić information content (AvgIpc) is 2.88. The van der Waals surface area contributed by atoms with E-state index in [1.807, 2.05) is 0 Å². The van der Waals surface area contributed by atoms with E-state index in [1.165, 1.54) is 12.1 Å². The molecule has 0 fully saturated rings. The van der Waals surface area contributed by atoms with Crippen molar-refractivity contribution in [3.05, 3.63) is 48.8 Å². The second-order valence-corrected chi connectivity index (χ2v) is 3.83. The lowest BCUT2D eigenvalue weighted by molar-refractivity contribution is -0.116. The van der Waals surface area contributed by atoms with Crippen molar-refractivity contribution in [2.75, 3.05) is 0 Å². The van der Waals surface area contributed by atoms with Crippen LogP contribution in [0.15, 0.2) is 53.9 Å². The van der Waals surface area contributed by atoms with Gasteiger partial charge in [-0.25, -0.2) is 0 Å². The van der Waals surface area contributed by atoms with Crippen molar-refractivity contribution in [1.29, 1.82) is 0 Å². The molecule has 6 heteroatoms. The van der Waals surface area contributed by atoms with Gasteiger partial charge in [0.15, 0.2) is 11.6 Å². The molecule has 0 radical (unpaired) electrons. The number of amides is 1. The first-order valence-corrected chi connectivity index (χ1v) is 5.60. The van der Waals surface area contributed by atoms with Crippen molar-refractivity contribution in [1.82, 2.24) is 4.57 Å². The highest BCUT2D eigenvalue weighted by atomic mass is 16.6. The molecule has 19 heavy (non-hydrogen) atoms. The Labute approximate surface area is 109 Å². The molecular formula is C13H13N3O3. The summed E-state index contributed by atoms with van der Waals surface area (Å²) in [5.74, 6) is 0.298. The van der Waals surface area contributed by atoms with Gasteiger partial charge in [-0.2, -0.15) is 0 Å². The first kappa shape index (κ1) is 12.7. The minimum atomic E-state index is -0.507. The molecule has 0 atom stereocenters. The van der Waals surface area contributed by atoms with E-state index in [0.717, 1.165) is 0 Å². The Kier molecular flexibility index (Phi) is 3.82. The van der Waals surface area contributed by atoms with Crippen LogP contribution in [0.4, 0.5) is 0 Å². The Hall–Kier alpha value is -2.76. The quantitative estimate of drug-likeness (QED) is 0.492. The van der Waals surface area contributed by atoms with E-state index in [9.17, 15) is 9.90 Å². The van der Waals surface area contributed by atoms with Crippen molar-refractivity contribution >= 4 is 11.7 Å². The number of primary amides is 1. The summed E-state index contributed by atoms with van der Waals surface area (Å²) >= 11 is 0. The van der Waals surface area contributed by atoms with Crippen molar-refractivity contribution in [2.24, 2.45) is 10.9 Å². The zero-order valence-electron chi connectivity index (χ0n) is 10.1. The van der Waals surface area contributed by atoms with Crippen LogP contribution in [-0.2, 0) is 4.79 Å². The number of carbonyl (C=O) groups excluding carboxylic acids is 1. The number of nitrogens with zero attached hydrogens (tertiary/aromatic N) is 2. The second kappa shape index (κ2) is 5.72. The Morgan fingerprint density at radius 2 is 2.05 bits per heavy atom. The van der Waals surface area contributed by atoms with Crippen LogP contribution >= 0.6 is 0 Å². The fraction of sp³-hybridized carbons (Fsp3) is 0.0769. The lowest BCUT2D eigenvalue weighted by atomic mass is 10.3. The van der Waals surface area contributed by atoms with Gasteiger partial charge in [0.25, 0.3) is 0 Å². The number of carbonyl (C=O) groups is 1. The molecule has 0 unspecified atom stereocenters. The van der Waals surface area contributed by atoms with Crippen LogP contribution in [0.25, 0.3) is 0 Å². The van der Waals surface area contributed by atoms with E-state index in [1.54, 1.807) is 41.2 Å². The molecule has 1 amide bonds. The highest BCUT2D eigenvalue weighted by molar-refractivity contribution is 6.00. The minimum Gasteiger partial charge on any atom is -0.508 e. The summed E-state index contributed by atoms with van der Waals surface area (Å²) in [6.07, 6.45) is 3.41. The van der Waals surface area contributed by atoms with Crippen LogP contribution in [0.3, 0.4) is 0 Å². The molecule has 0 spiro atoms. The lowest BCUT2D eigenvalue weighted by Gasteiger charge is -2.06. The third kappa shape index (κ3) is 3.60. The SMILES string of the molecule is NC(=O)C/C(=N\Oc1cccc(O)c1)n1cccc1. The molecule has 3 N–H and O–H groups in total. The van der Waals surface area contributed by atoms with E-state index < -0.39 is 5.91 Å². The van der Waals surface area contributed by atoms with Gasteiger partial charge < -0.3 is 20.2 Å². The maximum atomic E-state index is 11.0. The molecule has 98 valence electrons. The van der Waals surface area contributed by atoms with Gasteiger partial charge >= 0.3 is 0 Å². The van der Waals surface area contributed by atoms with E-state index in [0.29, 0.717) is 11.6 Å². The van der Waals surface area contributed by atoms with Crippen molar-refractivity contribution in [3.63, 3.8) is 0 Å². The molecule has 6 nitrogen and oxygen atoms in total. The van der Waals surface area contributed by atoms with E-state index in [4.69, 9.17) is 10.6 Å². The largest absolute Gasteiger partial charge is 0.508 e. The van der Waals surface area contributed by atoms with Crippen molar-refractivity contribution in [3.8, 4) is 11.5 Å². The summed E-state index contributed by atoms with van der Waals surface area (Å²) in [6, 6.07) is 9.80. The highest BCUT2D eigenvalue weighted by Crippen LogP contribution is 2.17. The number of hydrogen-bond acceptors (Lipinski definition) is 4. The maximum Gasteiger partial charge on any atom is 0.225 e. The fourth-order valence-electron chi connectivity index (χ4n) is 1.48. The first-order chi connectivity index (χ1) is 9.15. The number of hydrogen-bond donors (Lipinski definition) is 2. The molecule has 2 aromatic rings. The van der Waals surface area contributed by atoms with Gasteiger partial charge in [-0.1, -0.05) is 11.2 Å². The Morgan fingerprint density at radius 3 is 2.68 bits per heavy atom. The first-order valence-electron chi connectivity index (χ1n) is 5.60. The summed E-state index contributed by atoms with van der Waals surface area (Å²) < 4.78 is 1.63.